The molecule has 2 aromatic carbocycles. The summed E-state index contributed by atoms with van der Waals surface area (Å²) in [5, 5.41) is 6.16. The molecule has 0 spiro atoms. The molecular weight excluding hydrogens is 382 g/mol. The number of benzene rings is 2. The molecule has 1 aliphatic carbocycles. The molecule has 5 rings (SSSR count). The van der Waals surface area contributed by atoms with Crippen LogP contribution in [0.25, 0.3) is 16.6 Å². The number of thioether (sulfide) groups is 1. The largest absolute Gasteiger partial charge is 0.335 e. The van der Waals surface area contributed by atoms with E-state index in [1.54, 1.807) is 4.52 Å². The first-order valence-electron chi connectivity index (χ1n) is 9.77. The van der Waals surface area contributed by atoms with Crippen LogP contribution in [0.5, 0.6) is 0 Å². The molecule has 2 aromatic heterocycles. The molecule has 0 atom stereocenters. The number of para-hydroxylation sites is 1. The quantitative estimate of drug-likeness (QED) is 0.361. The lowest BCUT2D eigenvalue weighted by Crippen LogP contribution is -2.34. The molecule has 1 amide bonds. The van der Waals surface area contributed by atoms with E-state index in [2.05, 4.69) is 22.2 Å². The minimum Gasteiger partial charge on any atom is -0.335 e. The lowest BCUT2D eigenvalue weighted by molar-refractivity contribution is -0.129. The average molecular weight is 404 g/mol. The highest BCUT2D eigenvalue weighted by atomic mass is 32.2. The van der Waals surface area contributed by atoms with Crippen LogP contribution < -0.4 is 0 Å². The molecule has 0 aliphatic heterocycles. The Morgan fingerprint density at radius 3 is 2.66 bits per heavy atom. The van der Waals surface area contributed by atoms with Gasteiger partial charge in [0, 0.05) is 18.0 Å². The van der Waals surface area contributed by atoms with Gasteiger partial charge in [-0.1, -0.05) is 54.2 Å². The van der Waals surface area contributed by atoms with E-state index in [4.69, 9.17) is 4.98 Å². The van der Waals surface area contributed by atoms with Crippen molar-refractivity contribution < 1.29 is 4.79 Å². The van der Waals surface area contributed by atoms with Crippen molar-refractivity contribution in [2.24, 2.45) is 0 Å². The standard InChI is InChI=1S/C22H21N5OS/c1-15-23-21-18-9-5-6-10-19(18)24-22(27(21)25-15)29-14-20(28)26(17-11-12-17)13-16-7-3-2-4-8-16/h2-10,17H,11-14H2,1H3. The van der Waals surface area contributed by atoms with Crippen LogP contribution in [0.15, 0.2) is 59.8 Å². The molecule has 2 heterocycles. The van der Waals surface area contributed by atoms with E-state index < -0.39 is 0 Å². The Bertz CT molecular complexity index is 1190. The number of nitrogens with zero attached hydrogens (tertiary/aromatic N) is 5. The third-order valence-electron chi connectivity index (χ3n) is 5.08. The second-order valence-electron chi connectivity index (χ2n) is 7.33. The number of aryl methyl sites for hydroxylation is 1. The van der Waals surface area contributed by atoms with Crippen LogP contribution in [-0.4, -0.2) is 42.2 Å². The molecule has 1 aliphatic rings. The van der Waals surface area contributed by atoms with Crippen LogP contribution >= 0.6 is 11.8 Å². The fraction of sp³-hybridized carbons (Fsp3) is 0.273. The summed E-state index contributed by atoms with van der Waals surface area (Å²) < 4.78 is 1.76. The maximum absolute atomic E-state index is 13.0. The van der Waals surface area contributed by atoms with Gasteiger partial charge in [-0.2, -0.15) is 4.52 Å². The Morgan fingerprint density at radius 2 is 1.86 bits per heavy atom. The van der Waals surface area contributed by atoms with Crippen molar-refractivity contribution in [3.63, 3.8) is 0 Å². The SMILES string of the molecule is Cc1nc2c3ccccc3nc(SCC(=O)N(Cc3ccccc3)C3CC3)n2n1. The highest BCUT2D eigenvalue weighted by molar-refractivity contribution is 7.99. The van der Waals surface area contributed by atoms with Crippen molar-refractivity contribution in [1.82, 2.24) is 24.5 Å². The van der Waals surface area contributed by atoms with E-state index in [9.17, 15) is 4.79 Å². The van der Waals surface area contributed by atoms with Crippen LogP contribution in [0.3, 0.4) is 0 Å². The Balaban J connectivity index is 1.39. The van der Waals surface area contributed by atoms with Gasteiger partial charge in [-0.3, -0.25) is 4.79 Å². The van der Waals surface area contributed by atoms with Gasteiger partial charge in [-0.05, 0) is 37.5 Å². The lowest BCUT2D eigenvalue weighted by Gasteiger charge is -2.22. The van der Waals surface area contributed by atoms with Gasteiger partial charge < -0.3 is 4.90 Å². The van der Waals surface area contributed by atoms with Crippen molar-refractivity contribution in [3.8, 4) is 0 Å². The molecule has 0 saturated heterocycles. The second-order valence-corrected chi connectivity index (χ2v) is 8.28. The number of carbonyl (C=O) groups is 1. The van der Waals surface area contributed by atoms with Gasteiger partial charge in [0.1, 0.15) is 5.82 Å². The van der Waals surface area contributed by atoms with Crippen molar-refractivity contribution in [2.45, 2.75) is 37.5 Å². The number of rotatable bonds is 6. The minimum absolute atomic E-state index is 0.140. The summed E-state index contributed by atoms with van der Waals surface area (Å²) in [4.78, 5) is 24.4. The topological polar surface area (TPSA) is 63.4 Å². The third-order valence-corrected chi connectivity index (χ3v) is 6.00. The zero-order valence-corrected chi connectivity index (χ0v) is 17.0. The van der Waals surface area contributed by atoms with Crippen molar-refractivity contribution >= 4 is 34.2 Å². The zero-order valence-electron chi connectivity index (χ0n) is 16.2. The van der Waals surface area contributed by atoms with E-state index >= 15 is 0 Å². The molecule has 0 bridgehead atoms. The molecule has 146 valence electrons. The molecule has 4 aromatic rings. The molecule has 29 heavy (non-hydrogen) atoms. The normalized spacial score (nSPS) is 13.8. The summed E-state index contributed by atoms with van der Waals surface area (Å²) in [7, 11) is 0. The number of carbonyl (C=O) groups excluding carboxylic acids is 1. The van der Waals surface area contributed by atoms with Crippen LogP contribution in [0, 0.1) is 6.92 Å². The number of amides is 1. The summed E-state index contributed by atoms with van der Waals surface area (Å²) in [6.45, 7) is 2.53. The molecule has 6 nitrogen and oxygen atoms in total. The van der Waals surface area contributed by atoms with Gasteiger partial charge in [-0.15, -0.1) is 5.10 Å². The predicted molar refractivity (Wildman–Crippen MR) is 114 cm³/mol. The first-order valence-corrected chi connectivity index (χ1v) is 10.8. The fourth-order valence-corrected chi connectivity index (χ4v) is 4.35. The van der Waals surface area contributed by atoms with Gasteiger partial charge in [0.25, 0.3) is 0 Å². The summed E-state index contributed by atoms with van der Waals surface area (Å²) in [5.41, 5.74) is 2.81. The smallest absolute Gasteiger partial charge is 0.233 e. The summed E-state index contributed by atoms with van der Waals surface area (Å²) in [6, 6.07) is 18.4. The molecule has 0 N–H and O–H groups in total. The molecular formula is C22H21N5OS. The summed E-state index contributed by atoms with van der Waals surface area (Å²) in [6.07, 6.45) is 2.17. The Hall–Kier alpha value is -2.93. The highest BCUT2D eigenvalue weighted by Gasteiger charge is 2.32. The van der Waals surface area contributed by atoms with E-state index in [1.807, 2.05) is 54.3 Å². The van der Waals surface area contributed by atoms with Crippen molar-refractivity contribution in [2.75, 3.05) is 5.75 Å². The molecule has 0 radical (unpaired) electrons. The van der Waals surface area contributed by atoms with Crippen molar-refractivity contribution in [1.29, 1.82) is 0 Å². The molecule has 0 unspecified atom stereocenters. The van der Waals surface area contributed by atoms with E-state index in [0.29, 0.717) is 29.3 Å². The van der Waals surface area contributed by atoms with Crippen LogP contribution in [0.2, 0.25) is 0 Å². The maximum atomic E-state index is 13.0. The summed E-state index contributed by atoms with van der Waals surface area (Å²) in [5.74, 6) is 1.17. The monoisotopic (exact) mass is 403 g/mol. The van der Waals surface area contributed by atoms with Gasteiger partial charge in [-0.25, -0.2) is 9.97 Å². The van der Waals surface area contributed by atoms with Crippen molar-refractivity contribution in [3.05, 3.63) is 66.0 Å². The Labute approximate surface area is 173 Å². The number of aromatic nitrogens is 4. The Morgan fingerprint density at radius 1 is 1.10 bits per heavy atom. The van der Waals surface area contributed by atoms with Gasteiger partial charge >= 0.3 is 0 Å². The maximum Gasteiger partial charge on any atom is 0.233 e. The molecule has 7 heteroatoms. The highest BCUT2D eigenvalue weighted by Crippen LogP contribution is 2.30. The van der Waals surface area contributed by atoms with Gasteiger partial charge in [0.2, 0.25) is 5.91 Å². The Kier molecular flexibility index (Phi) is 4.67. The van der Waals surface area contributed by atoms with Gasteiger partial charge in [0.05, 0.1) is 11.3 Å². The van der Waals surface area contributed by atoms with Crippen LogP contribution in [0.4, 0.5) is 0 Å². The van der Waals surface area contributed by atoms with E-state index in [-0.39, 0.29) is 5.91 Å². The number of hydrogen-bond donors (Lipinski definition) is 0. The predicted octanol–water partition coefficient (Wildman–Crippen LogP) is 3.87. The number of fused-ring (bicyclic) bond motifs is 3. The minimum atomic E-state index is 0.140. The molecule has 1 saturated carbocycles. The first kappa shape index (κ1) is 18.1. The van der Waals surface area contributed by atoms with E-state index in [0.717, 1.165) is 35.0 Å². The number of hydrogen-bond acceptors (Lipinski definition) is 5. The zero-order chi connectivity index (χ0) is 19.8. The van der Waals surface area contributed by atoms with Gasteiger partial charge in [0.15, 0.2) is 10.8 Å². The average Bonchev–Trinajstić information content (AvgIpc) is 3.50. The lowest BCUT2D eigenvalue weighted by atomic mass is 10.2. The third kappa shape index (κ3) is 3.70. The van der Waals surface area contributed by atoms with Crippen LogP contribution in [0.1, 0.15) is 24.2 Å². The second kappa shape index (κ2) is 7.48. The van der Waals surface area contributed by atoms with Crippen LogP contribution in [-0.2, 0) is 11.3 Å². The summed E-state index contributed by atoms with van der Waals surface area (Å²) >= 11 is 1.43. The molecule has 1 fully saturated rings. The fourth-order valence-electron chi connectivity index (χ4n) is 3.52. The van der Waals surface area contributed by atoms with E-state index in [1.165, 1.54) is 11.8 Å². The first-order chi connectivity index (χ1) is 14.2.